The van der Waals surface area contributed by atoms with Crippen molar-refractivity contribution in [1.29, 1.82) is 0 Å². The predicted octanol–water partition coefficient (Wildman–Crippen LogP) is 1.31. The summed E-state index contributed by atoms with van der Waals surface area (Å²) in [6, 6.07) is 0. The first-order valence-electron chi connectivity index (χ1n) is 3.48. The third-order valence-corrected chi connectivity index (χ3v) is 2.04. The minimum atomic E-state index is 0.0962. The van der Waals surface area contributed by atoms with E-state index in [4.69, 9.17) is 0 Å². The van der Waals surface area contributed by atoms with E-state index >= 15 is 0 Å². The lowest BCUT2D eigenvalue weighted by Gasteiger charge is -1.98. The molecule has 0 bridgehead atoms. The molecule has 0 spiro atoms. The number of nitrogens with zero attached hydrogens (tertiary/aromatic N) is 2. The second-order valence-electron chi connectivity index (χ2n) is 2.63. The van der Waals surface area contributed by atoms with E-state index in [9.17, 15) is 4.79 Å². The molecular weight excluding hydrogens is 160 g/mol. The van der Waals surface area contributed by atoms with Crippen LogP contribution in [0.4, 0.5) is 0 Å². The van der Waals surface area contributed by atoms with Gasteiger partial charge in [-0.2, -0.15) is 4.37 Å². The van der Waals surface area contributed by atoms with Gasteiger partial charge in [-0.25, -0.2) is 4.98 Å². The summed E-state index contributed by atoms with van der Waals surface area (Å²) in [6.07, 6.45) is 1.91. The first-order valence-corrected chi connectivity index (χ1v) is 4.25. The molecule has 0 aromatic carbocycles. The van der Waals surface area contributed by atoms with Gasteiger partial charge in [-0.15, -0.1) is 0 Å². The zero-order chi connectivity index (χ0) is 8.27. The summed E-state index contributed by atoms with van der Waals surface area (Å²) in [7, 11) is 0. The van der Waals surface area contributed by atoms with E-state index in [-0.39, 0.29) is 11.7 Å². The van der Waals surface area contributed by atoms with Crippen LogP contribution in [-0.4, -0.2) is 15.1 Å². The molecule has 11 heavy (non-hydrogen) atoms. The molecule has 0 saturated heterocycles. The molecule has 0 aliphatic carbocycles. The minimum absolute atomic E-state index is 0.0962. The standard InChI is InChI=1S/C7H10N2OS/c1-5(2)6(10)3-7-8-4-9-11-7/h4-5H,3H2,1-2H3. The smallest absolute Gasteiger partial charge is 0.142 e. The van der Waals surface area contributed by atoms with E-state index in [0.717, 1.165) is 5.01 Å². The molecule has 3 nitrogen and oxygen atoms in total. The number of hydrogen-bond acceptors (Lipinski definition) is 4. The van der Waals surface area contributed by atoms with Crippen molar-refractivity contribution < 1.29 is 4.79 Å². The molecule has 1 aromatic rings. The Morgan fingerprint density at radius 2 is 2.45 bits per heavy atom. The van der Waals surface area contributed by atoms with Crippen LogP contribution < -0.4 is 0 Å². The summed E-state index contributed by atoms with van der Waals surface area (Å²) < 4.78 is 3.81. The highest BCUT2D eigenvalue weighted by molar-refractivity contribution is 7.05. The fraction of sp³-hybridized carbons (Fsp3) is 0.571. The zero-order valence-electron chi connectivity index (χ0n) is 6.57. The largest absolute Gasteiger partial charge is 0.299 e. The van der Waals surface area contributed by atoms with E-state index in [2.05, 4.69) is 9.36 Å². The summed E-state index contributed by atoms with van der Waals surface area (Å²) in [5.74, 6) is 0.320. The summed E-state index contributed by atoms with van der Waals surface area (Å²) in [6.45, 7) is 3.78. The van der Waals surface area contributed by atoms with Crippen LogP contribution in [-0.2, 0) is 11.2 Å². The van der Waals surface area contributed by atoms with Crippen molar-refractivity contribution in [2.75, 3.05) is 0 Å². The number of ketones is 1. The Morgan fingerprint density at radius 1 is 1.73 bits per heavy atom. The molecule has 1 aromatic heterocycles. The highest BCUT2D eigenvalue weighted by Crippen LogP contribution is 2.05. The molecule has 0 aliphatic rings. The normalized spacial score (nSPS) is 10.5. The van der Waals surface area contributed by atoms with Crippen molar-refractivity contribution in [1.82, 2.24) is 9.36 Å². The molecule has 0 unspecified atom stereocenters. The van der Waals surface area contributed by atoms with E-state index in [1.807, 2.05) is 13.8 Å². The summed E-state index contributed by atoms with van der Waals surface area (Å²) >= 11 is 1.29. The van der Waals surface area contributed by atoms with Gasteiger partial charge in [-0.3, -0.25) is 4.79 Å². The van der Waals surface area contributed by atoms with E-state index in [1.54, 1.807) is 0 Å². The van der Waals surface area contributed by atoms with E-state index < -0.39 is 0 Å². The second kappa shape index (κ2) is 3.57. The summed E-state index contributed by atoms with van der Waals surface area (Å²) in [4.78, 5) is 15.1. The molecule has 0 N–H and O–H groups in total. The predicted molar refractivity (Wildman–Crippen MR) is 43.5 cm³/mol. The van der Waals surface area contributed by atoms with Crippen molar-refractivity contribution in [3.05, 3.63) is 11.3 Å². The monoisotopic (exact) mass is 170 g/mol. The maximum atomic E-state index is 11.1. The summed E-state index contributed by atoms with van der Waals surface area (Å²) in [5.41, 5.74) is 0. The first kappa shape index (κ1) is 8.33. The van der Waals surface area contributed by atoms with Crippen LogP contribution in [0, 0.1) is 5.92 Å². The highest BCUT2D eigenvalue weighted by Gasteiger charge is 2.09. The maximum absolute atomic E-state index is 11.1. The van der Waals surface area contributed by atoms with Gasteiger partial charge in [0.1, 0.15) is 17.1 Å². The number of aromatic nitrogens is 2. The van der Waals surface area contributed by atoms with Gasteiger partial charge in [0.25, 0.3) is 0 Å². The van der Waals surface area contributed by atoms with E-state index in [0.29, 0.717) is 6.42 Å². The lowest BCUT2D eigenvalue weighted by Crippen LogP contribution is -2.09. The zero-order valence-corrected chi connectivity index (χ0v) is 7.39. The average Bonchev–Trinajstić information content (AvgIpc) is 2.39. The van der Waals surface area contributed by atoms with Crippen LogP contribution in [0.15, 0.2) is 6.33 Å². The molecular formula is C7H10N2OS. The molecule has 0 radical (unpaired) electrons. The SMILES string of the molecule is CC(C)C(=O)Cc1ncns1. The minimum Gasteiger partial charge on any atom is -0.299 e. The van der Waals surface area contributed by atoms with Crippen molar-refractivity contribution in [2.24, 2.45) is 5.92 Å². The fourth-order valence-electron chi connectivity index (χ4n) is 0.627. The van der Waals surface area contributed by atoms with Gasteiger partial charge in [0.05, 0.1) is 6.42 Å². The molecule has 1 heterocycles. The topological polar surface area (TPSA) is 42.9 Å². The van der Waals surface area contributed by atoms with Gasteiger partial charge in [0.15, 0.2) is 0 Å². The molecule has 4 heteroatoms. The third-order valence-electron chi connectivity index (χ3n) is 1.38. The van der Waals surface area contributed by atoms with Crippen LogP contribution in [0.25, 0.3) is 0 Å². The van der Waals surface area contributed by atoms with Gasteiger partial charge >= 0.3 is 0 Å². The Bertz CT molecular complexity index is 231. The molecule has 0 amide bonds. The van der Waals surface area contributed by atoms with Gasteiger partial charge in [-0.1, -0.05) is 13.8 Å². The maximum Gasteiger partial charge on any atom is 0.142 e. The van der Waals surface area contributed by atoms with Gasteiger partial charge in [-0.05, 0) is 11.5 Å². The lowest BCUT2D eigenvalue weighted by atomic mass is 10.1. The molecule has 0 fully saturated rings. The molecule has 60 valence electrons. The van der Waals surface area contributed by atoms with Crippen LogP contribution >= 0.6 is 11.5 Å². The first-order chi connectivity index (χ1) is 5.20. The van der Waals surface area contributed by atoms with Crippen LogP contribution in [0.2, 0.25) is 0 Å². The third kappa shape index (κ3) is 2.38. The Labute approximate surface area is 69.6 Å². The van der Waals surface area contributed by atoms with Gasteiger partial charge in [0, 0.05) is 5.92 Å². The number of carbonyl (C=O) groups is 1. The average molecular weight is 170 g/mol. The van der Waals surface area contributed by atoms with Crippen molar-refractivity contribution in [2.45, 2.75) is 20.3 Å². The lowest BCUT2D eigenvalue weighted by molar-refractivity contribution is -0.121. The van der Waals surface area contributed by atoms with Crippen LogP contribution in [0.1, 0.15) is 18.9 Å². The molecule has 0 saturated carbocycles. The Morgan fingerprint density at radius 3 is 2.91 bits per heavy atom. The Hall–Kier alpha value is -0.770. The van der Waals surface area contributed by atoms with Crippen molar-refractivity contribution in [3.8, 4) is 0 Å². The van der Waals surface area contributed by atoms with Crippen LogP contribution in [0.5, 0.6) is 0 Å². The Kier molecular flexibility index (Phi) is 2.70. The number of Topliss-reactive ketones (excluding diaryl/α,β-unsaturated/α-hetero) is 1. The molecule has 1 rings (SSSR count). The fourth-order valence-corrected chi connectivity index (χ4v) is 1.14. The van der Waals surface area contributed by atoms with Crippen LogP contribution in [0.3, 0.4) is 0 Å². The highest BCUT2D eigenvalue weighted by atomic mass is 32.1. The van der Waals surface area contributed by atoms with E-state index in [1.165, 1.54) is 17.9 Å². The summed E-state index contributed by atoms with van der Waals surface area (Å²) in [5, 5.41) is 0.809. The Balaban J connectivity index is 2.50. The van der Waals surface area contributed by atoms with Crippen molar-refractivity contribution in [3.63, 3.8) is 0 Å². The van der Waals surface area contributed by atoms with Crippen molar-refractivity contribution >= 4 is 17.3 Å². The number of hydrogen-bond donors (Lipinski definition) is 0. The quantitative estimate of drug-likeness (QED) is 0.686. The van der Waals surface area contributed by atoms with Gasteiger partial charge < -0.3 is 0 Å². The molecule has 0 aliphatic heterocycles. The molecule has 0 atom stereocenters. The number of carbonyl (C=O) groups excluding carboxylic acids is 1. The second-order valence-corrected chi connectivity index (χ2v) is 3.50. The van der Waals surface area contributed by atoms with Gasteiger partial charge in [0.2, 0.25) is 0 Å². The number of rotatable bonds is 3.